The predicted octanol–water partition coefficient (Wildman–Crippen LogP) is 2.20. The summed E-state index contributed by atoms with van der Waals surface area (Å²) in [6, 6.07) is 3.52. The fourth-order valence-electron chi connectivity index (χ4n) is 1.07. The van der Waals surface area contributed by atoms with Crippen molar-refractivity contribution >= 4 is 40.7 Å². The van der Waals surface area contributed by atoms with Gasteiger partial charge in [0.05, 0.1) is 12.8 Å². The van der Waals surface area contributed by atoms with Gasteiger partial charge in [-0.2, -0.15) is 0 Å². The lowest BCUT2D eigenvalue weighted by atomic mass is 10.4. The highest BCUT2D eigenvalue weighted by molar-refractivity contribution is 6.68. The van der Waals surface area contributed by atoms with Crippen molar-refractivity contribution < 1.29 is 9.21 Å². The summed E-state index contributed by atoms with van der Waals surface area (Å²) in [6.07, 6.45) is 0.764. The van der Waals surface area contributed by atoms with Crippen molar-refractivity contribution in [3.8, 4) is 0 Å². The molecule has 16 heavy (non-hydrogen) atoms. The molecule has 1 aromatic heterocycles. The van der Waals surface area contributed by atoms with Crippen LogP contribution in [0.1, 0.15) is 12.7 Å². The van der Waals surface area contributed by atoms with Crippen LogP contribution in [0.5, 0.6) is 0 Å². The van der Waals surface area contributed by atoms with Gasteiger partial charge in [-0.1, -0.05) is 34.8 Å². The first kappa shape index (κ1) is 13.6. The summed E-state index contributed by atoms with van der Waals surface area (Å²) in [5.74, 6) is 0.396. The molecule has 2 N–H and O–H groups in total. The lowest BCUT2D eigenvalue weighted by Crippen LogP contribution is -2.52. The van der Waals surface area contributed by atoms with Crippen LogP contribution in [0.25, 0.3) is 0 Å². The van der Waals surface area contributed by atoms with Gasteiger partial charge in [0.15, 0.2) is 0 Å². The largest absolute Gasteiger partial charge is 0.468 e. The van der Waals surface area contributed by atoms with Crippen LogP contribution in [0.3, 0.4) is 0 Å². The molecule has 0 saturated carbocycles. The van der Waals surface area contributed by atoms with Crippen molar-refractivity contribution in [3.05, 3.63) is 24.2 Å². The fourth-order valence-corrected chi connectivity index (χ4v) is 1.46. The van der Waals surface area contributed by atoms with Crippen LogP contribution in [0.2, 0.25) is 0 Å². The minimum absolute atomic E-state index is 0.289. The Hall–Kier alpha value is -0.420. The molecule has 0 aliphatic carbocycles. The third-order valence-corrected chi connectivity index (χ3v) is 2.39. The number of furan rings is 1. The number of rotatable bonds is 4. The first-order chi connectivity index (χ1) is 7.39. The van der Waals surface area contributed by atoms with Gasteiger partial charge in [0.25, 0.3) is 0 Å². The molecule has 1 amide bonds. The number of hydrogen-bond acceptors (Lipinski definition) is 3. The second-order valence-electron chi connectivity index (χ2n) is 3.14. The van der Waals surface area contributed by atoms with E-state index in [4.69, 9.17) is 39.2 Å². The van der Waals surface area contributed by atoms with Crippen LogP contribution in [0.15, 0.2) is 22.8 Å². The Balaban J connectivity index is 2.54. The molecule has 0 unspecified atom stereocenters. The second kappa shape index (κ2) is 5.77. The van der Waals surface area contributed by atoms with Crippen LogP contribution in [-0.2, 0) is 11.3 Å². The maximum Gasteiger partial charge on any atom is 0.223 e. The smallest absolute Gasteiger partial charge is 0.223 e. The van der Waals surface area contributed by atoms with Crippen molar-refractivity contribution in [2.75, 3.05) is 0 Å². The number of alkyl halides is 3. The van der Waals surface area contributed by atoms with E-state index in [1.807, 2.05) is 0 Å². The zero-order valence-electron chi connectivity index (χ0n) is 8.47. The SMILES string of the molecule is CC(=O)N[C@@H](NCc1ccco1)C(Cl)(Cl)Cl. The number of hydrogen-bond donors (Lipinski definition) is 2. The quantitative estimate of drug-likeness (QED) is 0.659. The highest BCUT2D eigenvalue weighted by Gasteiger charge is 2.32. The molecule has 90 valence electrons. The summed E-state index contributed by atoms with van der Waals surface area (Å²) >= 11 is 17.1. The molecule has 0 aliphatic heterocycles. The van der Waals surface area contributed by atoms with Crippen LogP contribution < -0.4 is 10.6 Å². The number of carbonyl (C=O) groups excluding carboxylic acids is 1. The van der Waals surface area contributed by atoms with E-state index in [2.05, 4.69) is 10.6 Å². The highest BCUT2D eigenvalue weighted by Crippen LogP contribution is 2.29. The molecule has 0 radical (unpaired) electrons. The monoisotopic (exact) mass is 284 g/mol. The average molecular weight is 286 g/mol. The molecule has 0 aromatic carbocycles. The van der Waals surface area contributed by atoms with E-state index in [0.29, 0.717) is 12.3 Å². The molecule has 1 heterocycles. The van der Waals surface area contributed by atoms with Crippen LogP contribution in [0, 0.1) is 0 Å². The minimum Gasteiger partial charge on any atom is -0.468 e. The lowest BCUT2D eigenvalue weighted by molar-refractivity contribution is -0.119. The number of amides is 1. The zero-order chi connectivity index (χ0) is 12.2. The summed E-state index contributed by atoms with van der Waals surface area (Å²) < 4.78 is 3.47. The molecule has 1 atom stereocenters. The van der Waals surface area contributed by atoms with Gasteiger partial charge in [0.2, 0.25) is 9.70 Å². The van der Waals surface area contributed by atoms with Crippen molar-refractivity contribution in [2.45, 2.75) is 23.4 Å². The van der Waals surface area contributed by atoms with Gasteiger partial charge < -0.3 is 9.73 Å². The van der Waals surface area contributed by atoms with Crippen LogP contribution in [-0.4, -0.2) is 15.9 Å². The van der Waals surface area contributed by atoms with Crippen molar-refractivity contribution in [3.63, 3.8) is 0 Å². The Morgan fingerprint density at radius 3 is 2.69 bits per heavy atom. The number of halogens is 3. The molecule has 1 rings (SSSR count). The summed E-state index contributed by atoms with van der Waals surface area (Å²) in [5, 5.41) is 5.37. The molecular formula is C9H11Cl3N2O2. The molecule has 0 bridgehead atoms. The van der Waals surface area contributed by atoms with Gasteiger partial charge >= 0.3 is 0 Å². The molecule has 0 saturated heterocycles. The third-order valence-electron chi connectivity index (χ3n) is 1.74. The maximum absolute atomic E-state index is 10.9. The summed E-state index contributed by atoms with van der Waals surface area (Å²) in [6.45, 7) is 1.70. The highest BCUT2D eigenvalue weighted by atomic mass is 35.6. The van der Waals surface area contributed by atoms with Crippen molar-refractivity contribution in [2.24, 2.45) is 0 Å². The Labute approximate surface area is 108 Å². The number of carbonyl (C=O) groups is 1. The fraction of sp³-hybridized carbons (Fsp3) is 0.444. The summed E-state index contributed by atoms with van der Waals surface area (Å²) in [5.41, 5.74) is 0. The molecule has 0 aliphatic rings. The van der Waals surface area contributed by atoms with Gasteiger partial charge in [-0.3, -0.25) is 10.1 Å². The normalized spacial score (nSPS) is 13.5. The maximum atomic E-state index is 10.9. The zero-order valence-corrected chi connectivity index (χ0v) is 10.7. The van der Waals surface area contributed by atoms with E-state index in [1.54, 1.807) is 18.4 Å². The van der Waals surface area contributed by atoms with E-state index in [0.717, 1.165) is 0 Å². The Bertz CT molecular complexity index is 335. The molecular weight excluding hydrogens is 274 g/mol. The van der Waals surface area contributed by atoms with Crippen LogP contribution >= 0.6 is 34.8 Å². The van der Waals surface area contributed by atoms with E-state index in [1.165, 1.54) is 6.92 Å². The van der Waals surface area contributed by atoms with E-state index in [-0.39, 0.29) is 5.91 Å². The summed E-state index contributed by atoms with van der Waals surface area (Å²) in [7, 11) is 0. The van der Waals surface area contributed by atoms with Crippen molar-refractivity contribution in [1.29, 1.82) is 0 Å². The van der Waals surface area contributed by atoms with Gasteiger partial charge in [-0.25, -0.2) is 0 Å². The molecule has 4 nitrogen and oxygen atoms in total. The van der Waals surface area contributed by atoms with Gasteiger partial charge in [-0.15, -0.1) is 0 Å². The average Bonchev–Trinajstić information content (AvgIpc) is 2.62. The molecule has 0 fully saturated rings. The van der Waals surface area contributed by atoms with Gasteiger partial charge in [-0.05, 0) is 12.1 Å². The van der Waals surface area contributed by atoms with E-state index in [9.17, 15) is 4.79 Å². The Morgan fingerprint density at radius 2 is 2.25 bits per heavy atom. The first-order valence-electron chi connectivity index (χ1n) is 4.49. The minimum atomic E-state index is -1.63. The Morgan fingerprint density at radius 1 is 1.56 bits per heavy atom. The molecule has 0 spiro atoms. The Kier molecular flexibility index (Phi) is 4.92. The van der Waals surface area contributed by atoms with Gasteiger partial charge in [0, 0.05) is 6.92 Å². The van der Waals surface area contributed by atoms with E-state index >= 15 is 0 Å². The first-order valence-corrected chi connectivity index (χ1v) is 5.62. The van der Waals surface area contributed by atoms with Crippen molar-refractivity contribution in [1.82, 2.24) is 10.6 Å². The molecule has 1 aromatic rings. The predicted molar refractivity (Wildman–Crippen MR) is 63.4 cm³/mol. The number of nitrogens with one attached hydrogen (secondary N) is 2. The summed E-state index contributed by atoms with van der Waals surface area (Å²) in [4.78, 5) is 10.9. The van der Waals surface area contributed by atoms with E-state index < -0.39 is 9.96 Å². The molecule has 7 heteroatoms. The van der Waals surface area contributed by atoms with Crippen LogP contribution in [0.4, 0.5) is 0 Å². The lowest BCUT2D eigenvalue weighted by Gasteiger charge is -2.25. The standard InChI is InChI=1S/C9H11Cl3N2O2/c1-6(15)14-8(9(10,11)12)13-5-7-3-2-4-16-7/h2-4,8,13H,5H2,1H3,(H,14,15)/t8-/m1/s1. The second-order valence-corrected chi connectivity index (χ2v) is 5.50. The topological polar surface area (TPSA) is 54.3 Å². The van der Waals surface area contributed by atoms with Gasteiger partial charge in [0.1, 0.15) is 11.9 Å². The third kappa shape index (κ3) is 4.61.